The Morgan fingerprint density at radius 3 is 2.36 bits per heavy atom. The number of ether oxygens (including phenoxy) is 1. The SMILES string of the molecule is CCOC(=O)C(=O)Nc1ccccc1C(=O)NNC(=O)CCC(=O)O. The van der Waals surface area contributed by atoms with Crippen LogP contribution in [0.1, 0.15) is 30.1 Å². The molecule has 0 fully saturated rings. The van der Waals surface area contributed by atoms with Crippen molar-refractivity contribution in [2.24, 2.45) is 0 Å². The van der Waals surface area contributed by atoms with Gasteiger partial charge >= 0.3 is 17.8 Å². The van der Waals surface area contributed by atoms with Crippen LogP contribution in [0.5, 0.6) is 0 Å². The molecule has 0 aliphatic rings. The van der Waals surface area contributed by atoms with Crippen LogP contribution < -0.4 is 16.2 Å². The lowest BCUT2D eigenvalue weighted by Crippen LogP contribution is -2.42. The molecule has 0 radical (unpaired) electrons. The number of hydrazine groups is 1. The summed E-state index contributed by atoms with van der Waals surface area (Å²) in [6, 6.07) is 5.79. The first-order valence-electron chi connectivity index (χ1n) is 7.23. The van der Waals surface area contributed by atoms with Crippen molar-refractivity contribution in [3.8, 4) is 0 Å². The molecule has 4 N–H and O–H groups in total. The quantitative estimate of drug-likeness (QED) is 0.315. The van der Waals surface area contributed by atoms with E-state index < -0.39 is 29.7 Å². The van der Waals surface area contributed by atoms with Gasteiger partial charge in [0.15, 0.2) is 0 Å². The molecule has 1 aromatic carbocycles. The largest absolute Gasteiger partial charge is 0.481 e. The topological polar surface area (TPSA) is 151 Å². The molecular weight excluding hydrogens is 334 g/mol. The summed E-state index contributed by atoms with van der Waals surface area (Å²) in [5.74, 6) is -4.74. The van der Waals surface area contributed by atoms with Gasteiger partial charge in [-0.05, 0) is 19.1 Å². The molecule has 25 heavy (non-hydrogen) atoms. The summed E-state index contributed by atoms with van der Waals surface area (Å²) in [4.78, 5) is 56.8. The molecule has 0 atom stereocenters. The van der Waals surface area contributed by atoms with Crippen molar-refractivity contribution in [1.82, 2.24) is 10.9 Å². The van der Waals surface area contributed by atoms with E-state index in [-0.39, 0.29) is 30.7 Å². The average molecular weight is 351 g/mol. The number of nitrogens with one attached hydrogen (secondary N) is 3. The molecule has 10 heteroatoms. The van der Waals surface area contributed by atoms with Crippen molar-refractivity contribution >= 4 is 35.3 Å². The zero-order valence-electron chi connectivity index (χ0n) is 13.3. The van der Waals surface area contributed by atoms with Gasteiger partial charge in [-0.2, -0.15) is 0 Å². The second kappa shape index (κ2) is 9.65. The first kappa shape index (κ1) is 19.6. The molecule has 0 bridgehead atoms. The van der Waals surface area contributed by atoms with E-state index in [2.05, 4.69) is 20.9 Å². The van der Waals surface area contributed by atoms with Crippen LogP contribution in [-0.2, 0) is 23.9 Å². The fourth-order valence-corrected chi connectivity index (χ4v) is 1.64. The van der Waals surface area contributed by atoms with Crippen molar-refractivity contribution in [2.45, 2.75) is 19.8 Å². The molecule has 1 rings (SSSR count). The van der Waals surface area contributed by atoms with Crippen LogP contribution in [0.4, 0.5) is 5.69 Å². The summed E-state index contributed by atoms with van der Waals surface area (Å²) in [6.45, 7) is 1.57. The molecule has 0 aromatic heterocycles. The fraction of sp³-hybridized carbons (Fsp3) is 0.267. The van der Waals surface area contributed by atoms with E-state index in [0.29, 0.717) is 0 Å². The van der Waals surface area contributed by atoms with Crippen LogP contribution in [0.15, 0.2) is 24.3 Å². The fourth-order valence-electron chi connectivity index (χ4n) is 1.64. The average Bonchev–Trinajstić information content (AvgIpc) is 2.58. The number of carbonyl (C=O) groups excluding carboxylic acids is 4. The Balaban J connectivity index is 2.70. The number of carboxylic acid groups (broad SMARTS) is 1. The van der Waals surface area contributed by atoms with Gasteiger partial charge in [-0.25, -0.2) is 4.79 Å². The second-order valence-corrected chi connectivity index (χ2v) is 4.62. The number of aliphatic carboxylic acids is 1. The summed E-state index contributed by atoms with van der Waals surface area (Å²) in [7, 11) is 0. The van der Waals surface area contributed by atoms with Gasteiger partial charge in [-0.1, -0.05) is 12.1 Å². The third-order valence-corrected chi connectivity index (χ3v) is 2.76. The number of hydrogen-bond donors (Lipinski definition) is 4. The minimum Gasteiger partial charge on any atom is -0.481 e. The molecule has 10 nitrogen and oxygen atoms in total. The second-order valence-electron chi connectivity index (χ2n) is 4.62. The van der Waals surface area contributed by atoms with Crippen LogP contribution in [0.25, 0.3) is 0 Å². The van der Waals surface area contributed by atoms with E-state index in [0.717, 1.165) is 0 Å². The Morgan fingerprint density at radius 1 is 1.04 bits per heavy atom. The minimum atomic E-state index is -1.14. The van der Waals surface area contributed by atoms with Gasteiger partial charge < -0.3 is 15.2 Å². The molecule has 0 saturated carbocycles. The third-order valence-electron chi connectivity index (χ3n) is 2.76. The zero-order chi connectivity index (χ0) is 18.8. The van der Waals surface area contributed by atoms with Gasteiger partial charge in [-0.15, -0.1) is 0 Å². The molecule has 3 amide bonds. The lowest BCUT2D eigenvalue weighted by Gasteiger charge is -2.11. The summed E-state index contributed by atoms with van der Waals surface area (Å²) in [6.07, 6.45) is -0.690. The number of carboxylic acids is 1. The lowest BCUT2D eigenvalue weighted by atomic mass is 10.1. The van der Waals surface area contributed by atoms with E-state index in [1.165, 1.54) is 24.3 Å². The summed E-state index contributed by atoms with van der Waals surface area (Å²) in [5.41, 5.74) is 4.17. The van der Waals surface area contributed by atoms with Gasteiger partial charge in [0.05, 0.1) is 24.3 Å². The number of benzene rings is 1. The smallest absolute Gasteiger partial charge is 0.397 e. The Morgan fingerprint density at radius 2 is 1.72 bits per heavy atom. The predicted molar refractivity (Wildman–Crippen MR) is 84.2 cm³/mol. The maximum absolute atomic E-state index is 12.1. The van der Waals surface area contributed by atoms with Crippen molar-refractivity contribution in [3.63, 3.8) is 0 Å². The molecule has 0 heterocycles. The van der Waals surface area contributed by atoms with Crippen LogP contribution >= 0.6 is 0 Å². The van der Waals surface area contributed by atoms with Crippen LogP contribution in [0, 0.1) is 0 Å². The van der Waals surface area contributed by atoms with Gasteiger partial charge in [0.25, 0.3) is 5.91 Å². The van der Waals surface area contributed by atoms with Crippen molar-refractivity contribution in [1.29, 1.82) is 0 Å². The molecule has 0 saturated heterocycles. The predicted octanol–water partition coefficient (Wildman–Crippen LogP) is -0.186. The molecule has 0 aliphatic carbocycles. The summed E-state index contributed by atoms with van der Waals surface area (Å²) < 4.78 is 4.54. The Labute approximate surface area is 142 Å². The van der Waals surface area contributed by atoms with Crippen molar-refractivity contribution < 1.29 is 33.8 Å². The molecule has 134 valence electrons. The van der Waals surface area contributed by atoms with E-state index in [9.17, 15) is 24.0 Å². The lowest BCUT2D eigenvalue weighted by molar-refractivity contribution is -0.152. The van der Waals surface area contributed by atoms with Crippen LogP contribution in [0.3, 0.4) is 0 Å². The first-order chi connectivity index (χ1) is 11.8. The Kier molecular flexibility index (Phi) is 7.57. The number of rotatable bonds is 6. The number of anilines is 1. The first-order valence-corrected chi connectivity index (χ1v) is 7.23. The monoisotopic (exact) mass is 351 g/mol. The number of hydrogen-bond acceptors (Lipinski definition) is 6. The summed E-state index contributed by atoms with van der Waals surface area (Å²) in [5, 5.41) is 10.7. The molecule has 0 unspecified atom stereocenters. The molecule has 0 aliphatic heterocycles. The van der Waals surface area contributed by atoms with Gasteiger partial charge in [0.1, 0.15) is 0 Å². The van der Waals surface area contributed by atoms with Gasteiger partial charge in [-0.3, -0.25) is 30.0 Å². The highest BCUT2D eigenvalue weighted by molar-refractivity contribution is 6.37. The van der Waals surface area contributed by atoms with E-state index in [1.807, 2.05) is 0 Å². The normalized spacial score (nSPS) is 9.64. The summed E-state index contributed by atoms with van der Waals surface area (Å²) >= 11 is 0. The highest BCUT2D eigenvalue weighted by Crippen LogP contribution is 2.14. The maximum Gasteiger partial charge on any atom is 0.397 e. The van der Waals surface area contributed by atoms with Crippen molar-refractivity contribution in [3.05, 3.63) is 29.8 Å². The van der Waals surface area contributed by atoms with Crippen LogP contribution in [0.2, 0.25) is 0 Å². The minimum absolute atomic E-state index is 0.0151. The Hall–Kier alpha value is -3.43. The molecule has 0 spiro atoms. The van der Waals surface area contributed by atoms with Crippen molar-refractivity contribution in [2.75, 3.05) is 11.9 Å². The van der Waals surface area contributed by atoms with E-state index in [1.54, 1.807) is 6.92 Å². The van der Waals surface area contributed by atoms with Crippen LogP contribution in [-0.4, -0.2) is 41.4 Å². The van der Waals surface area contributed by atoms with Gasteiger partial charge in [0.2, 0.25) is 5.91 Å². The highest BCUT2D eigenvalue weighted by Gasteiger charge is 2.19. The number of para-hydroxylation sites is 1. The molecule has 1 aromatic rings. The highest BCUT2D eigenvalue weighted by atomic mass is 16.5. The Bertz CT molecular complexity index is 687. The number of amides is 3. The van der Waals surface area contributed by atoms with E-state index in [4.69, 9.17) is 5.11 Å². The molecular formula is C15H17N3O7. The van der Waals surface area contributed by atoms with E-state index >= 15 is 0 Å². The third kappa shape index (κ3) is 6.69. The number of carbonyl (C=O) groups is 5. The standard InChI is InChI=1S/C15H17N3O7/c1-2-25-15(24)14(23)16-10-6-4-3-5-9(10)13(22)18-17-11(19)7-8-12(20)21/h3-6H,2,7-8H2,1H3,(H,16,23)(H,17,19)(H,18,22)(H,20,21). The van der Waals surface area contributed by atoms with Gasteiger partial charge in [0, 0.05) is 6.42 Å². The maximum atomic E-state index is 12.1. The zero-order valence-corrected chi connectivity index (χ0v) is 13.3. The number of esters is 1.